The zero-order valence-electron chi connectivity index (χ0n) is 11.4. The Morgan fingerprint density at radius 1 is 1.33 bits per heavy atom. The van der Waals surface area contributed by atoms with E-state index in [1.165, 1.54) is 6.07 Å². The van der Waals surface area contributed by atoms with Gasteiger partial charge in [0.05, 0.1) is 16.6 Å². The highest BCUT2D eigenvalue weighted by molar-refractivity contribution is 7.15. The van der Waals surface area contributed by atoms with Crippen LogP contribution in [0.3, 0.4) is 0 Å². The van der Waals surface area contributed by atoms with Crippen LogP contribution in [0.25, 0.3) is 10.4 Å². The van der Waals surface area contributed by atoms with Gasteiger partial charge in [-0.3, -0.25) is 15.0 Å². The number of likely N-dealkylation sites (tertiary alicyclic amines) is 1. The number of benzene rings is 1. The van der Waals surface area contributed by atoms with E-state index in [9.17, 15) is 15.2 Å². The number of para-hydroxylation sites is 1. The third-order valence-electron chi connectivity index (χ3n) is 3.65. The van der Waals surface area contributed by atoms with Crippen LogP contribution in [0.5, 0.6) is 0 Å². The van der Waals surface area contributed by atoms with E-state index in [0.29, 0.717) is 12.1 Å². The number of aliphatic hydroxyl groups is 1. The maximum Gasteiger partial charge on any atom is 0.278 e. The number of thiophene rings is 1. The molecule has 2 aromatic rings. The van der Waals surface area contributed by atoms with Crippen molar-refractivity contribution in [3.8, 4) is 10.4 Å². The molecule has 0 unspecified atom stereocenters. The second kappa shape index (κ2) is 5.93. The van der Waals surface area contributed by atoms with E-state index >= 15 is 0 Å². The van der Waals surface area contributed by atoms with E-state index in [0.717, 1.165) is 29.3 Å². The van der Waals surface area contributed by atoms with E-state index in [1.807, 2.05) is 18.2 Å². The molecule has 0 bridgehead atoms. The lowest BCUT2D eigenvalue weighted by molar-refractivity contribution is -0.384. The van der Waals surface area contributed by atoms with Crippen LogP contribution < -0.4 is 0 Å². The van der Waals surface area contributed by atoms with Crippen molar-refractivity contribution >= 4 is 17.0 Å². The Morgan fingerprint density at radius 2 is 2.14 bits per heavy atom. The molecule has 1 saturated heterocycles. The summed E-state index contributed by atoms with van der Waals surface area (Å²) in [6.07, 6.45) is 0.599. The molecule has 21 heavy (non-hydrogen) atoms. The number of hydrogen-bond acceptors (Lipinski definition) is 5. The van der Waals surface area contributed by atoms with E-state index in [-0.39, 0.29) is 16.7 Å². The van der Waals surface area contributed by atoms with Crippen LogP contribution in [0.1, 0.15) is 11.3 Å². The Kier molecular flexibility index (Phi) is 4.01. The average Bonchev–Trinajstić information content (AvgIpc) is 3.08. The molecule has 0 saturated carbocycles. The Hall–Kier alpha value is -1.76. The summed E-state index contributed by atoms with van der Waals surface area (Å²) in [5.41, 5.74) is 0.808. The summed E-state index contributed by atoms with van der Waals surface area (Å²) in [7, 11) is 0. The zero-order valence-corrected chi connectivity index (χ0v) is 12.3. The molecule has 1 aliphatic heterocycles. The monoisotopic (exact) mass is 304 g/mol. The molecule has 5 nitrogen and oxygen atoms in total. The van der Waals surface area contributed by atoms with Gasteiger partial charge in [0.1, 0.15) is 0 Å². The fraction of sp³-hybridized carbons (Fsp3) is 0.333. The number of aliphatic hydroxyl groups excluding tert-OH is 1. The molecular formula is C15H16N2O3S. The van der Waals surface area contributed by atoms with E-state index in [1.54, 1.807) is 23.5 Å². The predicted octanol–water partition coefficient (Wildman–Crippen LogP) is 2.89. The van der Waals surface area contributed by atoms with Gasteiger partial charge in [0.15, 0.2) is 0 Å². The second-order valence-electron chi connectivity index (χ2n) is 5.22. The summed E-state index contributed by atoms with van der Waals surface area (Å²) in [5.74, 6) is 0. The van der Waals surface area contributed by atoms with Crippen molar-refractivity contribution in [2.45, 2.75) is 19.1 Å². The smallest absolute Gasteiger partial charge is 0.278 e. The lowest BCUT2D eigenvalue weighted by atomic mass is 10.1. The third kappa shape index (κ3) is 3.12. The Morgan fingerprint density at radius 3 is 2.86 bits per heavy atom. The number of β-amino-alcohol motifs (C(OH)–C–C–N with tert-alkyl or cyclic N) is 1. The highest BCUT2D eigenvalue weighted by Gasteiger charge is 2.21. The average molecular weight is 304 g/mol. The molecule has 0 radical (unpaired) electrons. The van der Waals surface area contributed by atoms with Gasteiger partial charge in [0.25, 0.3) is 5.69 Å². The van der Waals surface area contributed by atoms with Gasteiger partial charge in [-0.1, -0.05) is 12.1 Å². The summed E-state index contributed by atoms with van der Waals surface area (Å²) in [4.78, 5) is 15.0. The first-order valence-corrected chi connectivity index (χ1v) is 7.68. The minimum absolute atomic E-state index is 0.141. The van der Waals surface area contributed by atoms with Crippen molar-refractivity contribution in [2.24, 2.45) is 0 Å². The van der Waals surface area contributed by atoms with Gasteiger partial charge in [0, 0.05) is 35.5 Å². The van der Waals surface area contributed by atoms with Crippen LogP contribution in [0.15, 0.2) is 36.4 Å². The standard InChI is InChI=1S/C15H16N2O3S/c18-11-7-8-16(9-11)10-12-5-6-15(21-12)13-3-1-2-4-14(13)17(19)20/h1-6,11,18H,7-10H2/t11-/m1/s1. The topological polar surface area (TPSA) is 66.6 Å². The van der Waals surface area contributed by atoms with Gasteiger partial charge < -0.3 is 5.11 Å². The van der Waals surface area contributed by atoms with E-state index < -0.39 is 0 Å². The first-order chi connectivity index (χ1) is 10.1. The molecule has 1 aromatic heterocycles. The first kappa shape index (κ1) is 14.2. The van der Waals surface area contributed by atoms with Crippen molar-refractivity contribution in [3.63, 3.8) is 0 Å². The molecule has 1 aromatic carbocycles. The highest BCUT2D eigenvalue weighted by atomic mass is 32.1. The molecule has 0 amide bonds. The normalized spacial score (nSPS) is 19.0. The molecule has 1 aliphatic rings. The maximum atomic E-state index is 11.1. The highest BCUT2D eigenvalue weighted by Crippen LogP contribution is 2.35. The van der Waals surface area contributed by atoms with Crippen LogP contribution in [0.4, 0.5) is 5.69 Å². The van der Waals surface area contributed by atoms with Crippen LogP contribution >= 0.6 is 11.3 Å². The first-order valence-electron chi connectivity index (χ1n) is 6.86. The van der Waals surface area contributed by atoms with Gasteiger partial charge in [0.2, 0.25) is 0 Å². The number of hydrogen-bond donors (Lipinski definition) is 1. The maximum absolute atomic E-state index is 11.1. The molecule has 3 rings (SSSR count). The minimum atomic E-state index is -0.342. The second-order valence-corrected chi connectivity index (χ2v) is 6.39. The molecule has 0 spiro atoms. The van der Waals surface area contributed by atoms with Crippen LogP contribution in [0.2, 0.25) is 0 Å². The van der Waals surface area contributed by atoms with Crippen molar-refractivity contribution < 1.29 is 10.0 Å². The summed E-state index contributed by atoms with van der Waals surface area (Å²) in [6.45, 7) is 2.40. The largest absolute Gasteiger partial charge is 0.392 e. The molecule has 0 aliphatic carbocycles. The van der Waals surface area contributed by atoms with Crippen LogP contribution in [-0.2, 0) is 6.54 Å². The zero-order chi connectivity index (χ0) is 14.8. The molecule has 1 N–H and O–H groups in total. The molecule has 1 fully saturated rings. The van der Waals surface area contributed by atoms with Gasteiger partial charge in [-0.15, -0.1) is 11.3 Å². The minimum Gasteiger partial charge on any atom is -0.392 e. The molecule has 2 heterocycles. The Labute approximate surface area is 126 Å². The predicted molar refractivity (Wildman–Crippen MR) is 82.3 cm³/mol. The molecular weight excluding hydrogens is 288 g/mol. The quantitative estimate of drug-likeness (QED) is 0.696. The number of rotatable bonds is 4. The summed E-state index contributed by atoms with van der Waals surface area (Å²) < 4.78 is 0. The SMILES string of the molecule is O=[N+]([O-])c1ccccc1-c1ccc(CN2CC[C@@H](O)C2)s1. The third-order valence-corrected chi connectivity index (χ3v) is 4.76. The Balaban J connectivity index is 1.80. The Bertz CT molecular complexity index is 656. The fourth-order valence-corrected chi connectivity index (χ4v) is 3.71. The van der Waals surface area contributed by atoms with Crippen molar-refractivity contribution in [1.29, 1.82) is 0 Å². The lowest BCUT2D eigenvalue weighted by Crippen LogP contribution is -2.20. The number of nitro groups is 1. The number of nitro benzene ring substituents is 1. The lowest BCUT2D eigenvalue weighted by Gasteiger charge is -2.12. The summed E-state index contributed by atoms with van der Waals surface area (Å²) in [5, 5.41) is 20.6. The summed E-state index contributed by atoms with van der Waals surface area (Å²) in [6, 6.07) is 10.8. The molecule has 1 atom stereocenters. The fourth-order valence-electron chi connectivity index (χ4n) is 2.63. The van der Waals surface area contributed by atoms with Gasteiger partial charge in [-0.2, -0.15) is 0 Å². The van der Waals surface area contributed by atoms with Crippen LogP contribution in [-0.4, -0.2) is 34.1 Å². The molecule has 6 heteroatoms. The van der Waals surface area contributed by atoms with Crippen molar-refractivity contribution in [2.75, 3.05) is 13.1 Å². The van der Waals surface area contributed by atoms with E-state index in [4.69, 9.17) is 0 Å². The number of nitrogens with zero attached hydrogens (tertiary/aromatic N) is 2. The van der Waals surface area contributed by atoms with Gasteiger partial charge in [-0.25, -0.2) is 0 Å². The van der Waals surface area contributed by atoms with E-state index in [2.05, 4.69) is 4.90 Å². The van der Waals surface area contributed by atoms with Gasteiger partial charge >= 0.3 is 0 Å². The van der Waals surface area contributed by atoms with Gasteiger partial charge in [-0.05, 0) is 24.6 Å². The molecule has 110 valence electrons. The van der Waals surface area contributed by atoms with Crippen molar-refractivity contribution in [3.05, 3.63) is 51.4 Å². The van der Waals surface area contributed by atoms with Crippen LogP contribution in [0, 0.1) is 10.1 Å². The summed E-state index contributed by atoms with van der Waals surface area (Å²) >= 11 is 1.58. The van der Waals surface area contributed by atoms with Crippen molar-refractivity contribution in [1.82, 2.24) is 4.90 Å².